The minimum Gasteiger partial charge on any atom is -0.468 e. The number of nitro groups is 1. The van der Waals surface area contributed by atoms with Gasteiger partial charge in [0.1, 0.15) is 11.8 Å². The SMILES string of the molecule is COC(=O)C1CC(C(C)=O)C(c2ccccc2[N+](=O)[O-])N1. The fourth-order valence-electron chi connectivity index (χ4n) is 2.72. The van der Waals surface area contributed by atoms with Crippen molar-refractivity contribution in [3.05, 3.63) is 39.9 Å². The van der Waals surface area contributed by atoms with Crippen molar-refractivity contribution in [3.63, 3.8) is 0 Å². The summed E-state index contributed by atoms with van der Waals surface area (Å²) in [5.41, 5.74) is 0.348. The number of hydrogen-bond acceptors (Lipinski definition) is 6. The number of nitro benzene ring substituents is 1. The lowest BCUT2D eigenvalue weighted by molar-refractivity contribution is -0.385. The maximum atomic E-state index is 11.8. The van der Waals surface area contributed by atoms with E-state index in [0.29, 0.717) is 5.56 Å². The molecule has 1 heterocycles. The second kappa shape index (κ2) is 6.01. The summed E-state index contributed by atoms with van der Waals surface area (Å²) in [5, 5.41) is 14.1. The Bertz CT molecular complexity index is 586. The number of ketones is 1. The van der Waals surface area contributed by atoms with Crippen LogP contribution in [0.2, 0.25) is 0 Å². The molecule has 1 aliphatic heterocycles. The minimum atomic E-state index is -0.631. The van der Waals surface area contributed by atoms with Gasteiger partial charge in [0.05, 0.1) is 12.0 Å². The van der Waals surface area contributed by atoms with Gasteiger partial charge in [-0.2, -0.15) is 0 Å². The molecule has 3 atom stereocenters. The van der Waals surface area contributed by atoms with Crippen LogP contribution in [-0.2, 0) is 14.3 Å². The molecule has 3 unspecified atom stereocenters. The second-order valence-electron chi connectivity index (χ2n) is 4.99. The molecule has 112 valence electrons. The Balaban J connectivity index is 2.39. The van der Waals surface area contributed by atoms with Crippen LogP contribution in [0.5, 0.6) is 0 Å². The van der Waals surface area contributed by atoms with Gasteiger partial charge in [-0.1, -0.05) is 18.2 Å². The Morgan fingerprint density at radius 3 is 2.62 bits per heavy atom. The molecule has 1 saturated heterocycles. The number of Topliss-reactive ketones (excluding diaryl/α,β-unsaturated/α-hetero) is 1. The van der Waals surface area contributed by atoms with E-state index >= 15 is 0 Å². The third-order valence-corrected chi connectivity index (χ3v) is 3.75. The van der Waals surface area contributed by atoms with Crippen molar-refractivity contribution >= 4 is 17.4 Å². The predicted octanol–water partition coefficient (Wildman–Crippen LogP) is 1.38. The van der Waals surface area contributed by atoms with Crippen molar-refractivity contribution < 1.29 is 19.2 Å². The van der Waals surface area contributed by atoms with Crippen LogP contribution >= 0.6 is 0 Å². The molecule has 1 aromatic carbocycles. The number of para-hydroxylation sites is 1. The molecule has 1 aliphatic rings. The van der Waals surface area contributed by atoms with Crippen LogP contribution in [0.4, 0.5) is 5.69 Å². The summed E-state index contributed by atoms with van der Waals surface area (Å²) in [5.74, 6) is -1.07. The monoisotopic (exact) mass is 292 g/mol. The van der Waals surface area contributed by atoms with E-state index in [-0.39, 0.29) is 17.9 Å². The average Bonchev–Trinajstić information content (AvgIpc) is 2.91. The number of carbonyl (C=O) groups excluding carboxylic acids is 2. The summed E-state index contributed by atoms with van der Waals surface area (Å²) >= 11 is 0. The number of rotatable bonds is 4. The van der Waals surface area contributed by atoms with Gasteiger partial charge in [0, 0.05) is 23.6 Å². The summed E-state index contributed by atoms with van der Waals surface area (Å²) < 4.78 is 4.68. The number of carbonyl (C=O) groups is 2. The van der Waals surface area contributed by atoms with Crippen LogP contribution in [0.1, 0.15) is 24.9 Å². The quantitative estimate of drug-likeness (QED) is 0.511. The molecule has 2 rings (SSSR count). The van der Waals surface area contributed by atoms with E-state index in [0.717, 1.165) is 0 Å². The molecule has 7 nitrogen and oxygen atoms in total. The molecule has 1 aromatic rings. The fraction of sp³-hybridized carbons (Fsp3) is 0.429. The fourth-order valence-corrected chi connectivity index (χ4v) is 2.72. The van der Waals surface area contributed by atoms with Gasteiger partial charge in [-0.3, -0.25) is 25.0 Å². The first-order valence-electron chi connectivity index (χ1n) is 6.53. The van der Waals surface area contributed by atoms with E-state index in [1.165, 1.54) is 20.1 Å². The van der Waals surface area contributed by atoms with Gasteiger partial charge >= 0.3 is 5.97 Å². The van der Waals surface area contributed by atoms with Gasteiger partial charge in [-0.25, -0.2) is 0 Å². The lowest BCUT2D eigenvalue weighted by Crippen LogP contribution is -2.33. The third kappa shape index (κ3) is 2.92. The van der Waals surface area contributed by atoms with Crippen molar-refractivity contribution in [3.8, 4) is 0 Å². The number of ether oxygens (including phenoxy) is 1. The number of hydrogen-bond donors (Lipinski definition) is 1. The van der Waals surface area contributed by atoms with Crippen molar-refractivity contribution in [1.82, 2.24) is 5.32 Å². The zero-order valence-corrected chi connectivity index (χ0v) is 11.7. The van der Waals surface area contributed by atoms with Crippen molar-refractivity contribution in [2.75, 3.05) is 7.11 Å². The highest BCUT2D eigenvalue weighted by Gasteiger charge is 2.43. The lowest BCUT2D eigenvalue weighted by atomic mass is 9.89. The minimum absolute atomic E-state index is 0.0632. The Hall–Kier alpha value is -2.28. The smallest absolute Gasteiger partial charge is 0.322 e. The third-order valence-electron chi connectivity index (χ3n) is 3.75. The van der Waals surface area contributed by atoms with E-state index in [1.807, 2.05) is 0 Å². The summed E-state index contributed by atoms with van der Waals surface area (Å²) in [4.78, 5) is 34.1. The van der Waals surface area contributed by atoms with Gasteiger partial charge in [0.25, 0.3) is 5.69 Å². The highest BCUT2D eigenvalue weighted by Crippen LogP contribution is 2.37. The summed E-state index contributed by atoms with van der Waals surface area (Å²) in [6.45, 7) is 1.42. The van der Waals surface area contributed by atoms with E-state index in [2.05, 4.69) is 10.1 Å². The Morgan fingerprint density at radius 1 is 1.38 bits per heavy atom. The Morgan fingerprint density at radius 2 is 2.05 bits per heavy atom. The van der Waals surface area contributed by atoms with Crippen LogP contribution in [0.3, 0.4) is 0 Å². The van der Waals surface area contributed by atoms with Crippen LogP contribution in [0.15, 0.2) is 24.3 Å². The molecule has 0 aromatic heterocycles. The van der Waals surface area contributed by atoms with Gasteiger partial charge in [-0.15, -0.1) is 0 Å². The second-order valence-corrected chi connectivity index (χ2v) is 4.99. The Kier molecular flexibility index (Phi) is 4.32. The van der Waals surface area contributed by atoms with Gasteiger partial charge < -0.3 is 4.74 Å². The van der Waals surface area contributed by atoms with E-state index in [9.17, 15) is 19.7 Å². The summed E-state index contributed by atoms with van der Waals surface area (Å²) in [7, 11) is 1.27. The van der Waals surface area contributed by atoms with Crippen LogP contribution < -0.4 is 5.32 Å². The number of methoxy groups -OCH3 is 1. The zero-order valence-electron chi connectivity index (χ0n) is 11.7. The van der Waals surface area contributed by atoms with Crippen molar-refractivity contribution in [2.45, 2.75) is 25.4 Å². The van der Waals surface area contributed by atoms with Crippen molar-refractivity contribution in [1.29, 1.82) is 0 Å². The molecule has 0 spiro atoms. The van der Waals surface area contributed by atoms with Gasteiger partial charge in [0.2, 0.25) is 0 Å². The molecular weight excluding hydrogens is 276 g/mol. The first-order chi connectivity index (χ1) is 9.95. The van der Waals surface area contributed by atoms with Crippen molar-refractivity contribution in [2.24, 2.45) is 5.92 Å². The van der Waals surface area contributed by atoms with Crippen LogP contribution in [0, 0.1) is 16.0 Å². The normalized spacial score (nSPS) is 24.6. The number of benzene rings is 1. The molecule has 0 bridgehead atoms. The maximum Gasteiger partial charge on any atom is 0.322 e. The number of nitrogens with one attached hydrogen (secondary N) is 1. The molecule has 0 amide bonds. The standard InChI is InChI=1S/C14H16N2O5/c1-8(17)10-7-11(14(18)21-2)15-13(10)9-5-3-4-6-12(9)16(19)20/h3-6,10-11,13,15H,7H2,1-2H3. The Labute approximate surface area is 121 Å². The van der Waals surface area contributed by atoms with E-state index in [1.54, 1.807) is 18.2 Å². The van der Waals surface area contributed by atoms with E-state index in [4.69, 9.17) is 0 Å². The molecule has 21 heavy (non-hydrogen) atoms. The van der Waals surface area contributed by atoms with Crippen LogP contribution in [0.25, 0.3) is 0 Å². The summed E-state index contributed by atoms with van der Waals surface area (Å²) in [6.07, 6.45) is 0.277. The topological polar surface area (TPSA) is 98.5 Å². The predicted molar refractivity (Wildman–Crippen MR) is 73.6 cm³/mol. The molecule has 0 aliphatic carbocycles. The highest BCUT2D eigenvalue weighted by molar-refractivity contribution is 5.83. The van der Waals surface area contributed by atoms with E-state index < -0.39 is 28.9 Å². The average molecular weight is 292 g/mol. The van der Waals surface area contributed by atoms with Gasteiger partial charge in [0.15, 0.2) is 0 Å². The maximum absolute atomic E-state index is 11.8. The largest absolute Gasteiger partial charge is 0.468 e. The first kappa shape index (κ1) is 15.1. The number of nitrogens with zero attached hydrogens (tertiary/aromatic N) is 1. The van der Waals surface area contributed by atoms with Crippen LogP contribution in [-0.4, -0.2) is 29.8 Å². The first-order valence-corrected chi connectivity index (χ1v) is 6.53. The van der Waals surface area contributed by atoms with Gasteiger partial charge in [-0.05, 0) is 13.3 Å². The zero-order chi connectivity index (χ0) is 15.6. The molecule has 1 N–H and O–H groups in total. The molecule has 0 radical (unpaired) electrons. The molecule has 7 heteroatoms. The molecule has 1 fully saturated rings. The molecular formula is C14H16N2O5. The number of esters is 1. The lowest BCUT2D eigenvalue weighted by Gasteiger charge is -2.17. The highest BCUT2D eigenvalue weighted by atomic mass is 16.6. The summed E-state index contributed by atoms with van der Waals surface area (Å²) in [6, 6.07) is 5.04. The molecule has 0 saturated carbocycles.